The lowest BCUT2D eigenvalue weighted by atomic mass is 9.94. The summed E-state index contributed by atoms with van der Waals surface area (Å²) >= 11 is 0. The second-order valence-corrected chi connectivity index (χ2v) is 10.2. The predicted octanol–water partition coefficient (Wildman–Crippen LogP) is 7.50. The zero-order valence-corrected chi connectivity index (χ0v) is 24.3. The Bertz CT molecular complexity index is 2060. The summed E-state index contributed by atoms with van der Waals surface area (Å²) in [6.45, 7) is 0. The van der Waals surface area contributed by atoms with Gasteiger partial charge < -0.3 is 25.2 Å². The number of carboxylic acids is 4. The van der Waals surface area contributed by atoms with Gasteiger partial charge in [0.25, 0.3) is 0 Å². The Hall–Kier alpha value is -6.81. The van der Waals surface area contributed by atoms with Crippen LogP contribution in [0.4, 0.5) is 0 Å². The van der Waals surface area contributed by atoms with Crippen LogP contribution >= 0.6 is 0 Å². The van der Waals surface area contributed by atoms with Crippen molar-refractivity contribution in [2.24, 2.45) is 0 Å². The maximum absolute atomic E-state index is 12.4. The van der Waals surface area contributed by atoms with Crippen LogP contribution in [0.3, 0.4) is 0 Å². The highest BCUT2D eigenvalue weighted by Gasteiger charge is 2.24. The molecule has 0 aromatic heterocycles. The molecule has 0 aliphatic rings. The van der Waals surface area contributed by atoms with E-state index in [-0.39, 0.29) is 28.4 Å². The fourth-order valence-corrected chi connectivity index (χ4v) is 4.82. The van der Waals surface area contributed by atoms with Crippen molar-refractivity contribution in [3.05, 3.63) is 149 Å². The lowest BCUT2D eigenvalue weighted by molar-refractivity contribution is 0.0651. The molecule has 10 heteroatoms. The molecule has 0 atom stereocenters. The third-order valence-electron chi connectivity index (χ3n) is 7.18. The van der Waals surface area contributed by atoms with Gasteiger partial charge in [0.2, 0.25) is 0 Å². The molecule has 0 bridgehead atoms. The third kappa shape index (κ3) is 7.13. The van der Waals surface area contributed by atoms with E-state index in [9.17, 15) is 44.4 Å². The summed E-state index contributed by atoms with van der Waals surface area (Å²) in [4.78, 5) is 59.5. The van der Waals surface area contributed by atoms with Crippen molar-refractivity contribution in [3.63, 3.8) is 0 Å². The molecule has 0 unspecified atom stereocenters. The average Bonchev–Trinajstić information content (AvgIpc) is 3.07. The van der Waals surface area contributed by atoms with Gasteiger partial charge in [-0.1, -0.05) is 78.9 Å². The highest BCUT2D eigenvalue weighted by molar-refractivity contribution is 6.07. The smallest absolute Gasteiger partial charge is 0.336 e. The first kappa shape index (κ1) is 31.6. The predicted molar refractivity (Wildman–Crippen MR) is 171 cm³/mol. The summed E-state index contributed by atoms with van der Waals surface area (Å²) in [6.07, 6.45) is 3.23. The number of ketones is 1. The molecule has 0 heterocycles. The molecule has 0 spiro atoms. The van der Waals surface area contributed by atoms with Gasteiger partial charge in [0.1, 0.15) is 11.5 Å². The van der Waals surface area contributed by atoms with Crippen LogP contribution in [0.1, 0.15) is 57.4 Å². The first-order chi connectivity index (χ1) is 22.5. The normalized spacial score (nSPS) is 10.8. The Morgan fingerprint density at radius 1 is 0.511 bits per heavy atom. The molecule has 0 amide bonds. The Morgan fingerprint density at radius 3 is 1.60 bits per heavy atom. The fourth-order valence-electron chi connectivity index (χ4n) is 4.82. The number of hydrogen-bond donors (Lipinski definition) is 4. The molecule has 47 heavy (non-hydrogen) atoms. The van der Waals surface area contributed by atoms with E-state index in [1.54, 1.807) is 54.6 Å². The summed E-state index contributed by atoms with van der Waals surface area (Å²) in [5.41, 5.74) is 1.06. The summed E-state index contributed by atoms with van der Waals surface area (Å²) in [5.74, 6) is -6.00. The van der Waals surface area contributed by atoms with E-state index in [1.165, 1.54) is 12.1 Å². The molecule has 5 aromatic rings. The minimum absolute atomic E-state index is 0.0327. The van der Waals surface area contributed by atoms with E-state index in [1.807, 2.05) is 30.3 Å². The molecule has 4 N–H and O–H groups in total. The molecule has 232 valence electrons. The molecule has 0 saturated carbocycles. The van der Waals surface area contributed by atoms with E-state index in [0.717, 1.165) is 41.0 Å². The molecule has 0 fully saturated rings. The highest BCUT2D eigenvalue weighted by Crippen LogP contribution is 2.38. The van der Waals surface area contributed by atoms with Gasteiger partial charge in [0.15, 0.2) is 5.78 Å². The quantitative estimate of drug-likeness (QED) is 0.0846. The Kier molecular flexibility index (Phi) is 9.05. The van der Waals surface area contributed by atoms with Gasteiger partial charge in [0.05, 0.1) is 22.3 Å². The summed E-state index contributed by atoms with van der Waals surface area (Å²) in [7, 11) is 0. The first-order valence-electron chi connectivity index (χ1n) is 13.9. The van der Waals surface area contributed by atoms with Crippen LogP contribution in [0.2, 0.25) is 0 Å². The Labute approximate surface area is 267 Å². The molecular formula is C37H24O10. The van der Waals surface area contributed by atoms with Crippen LogP contribution in [-0.2, 0) is 0 Å². The van der Waals surface area contributed by atoms with E-state index >= 15 is 0 Å². The fraction of sp³-hybridized carbons (Fsp3) is 0. The van der Waals surface area contributed by atoms with Crippen molar-refractivity contribution in [1.82, 2.24) is 0 Å². The molecule has 0 aliphatic heterocycles. The minimum Gasteiger partial charge on any atom is -0.478 e. The van der Waals surface area contributed by atoms with Crippen molar-refractivity contribution in [3.8, 4) is 33.8 Å². The number of carbonyl (C=O) groups is 5. The van der Waals surface area contributed by atoms with Gasteiger partial charge in [-0.15, -0.1) is 0 Å². The van der Waals surface area contributed by atoms with Crippen LogP contribution in [-0.4, -0.2) is 50.1 Å². The van der Waals surface area contributed by atoms with Crippen LogP contribution in [0, 0.1) is 0 Å². The number of ether oxygens (including phenoxy) is 1. The lowest BCUT2D eigenvalue weighted by Crippen LogP contribution is -2.10. The van der Waals surface area contributed by atoms with Gasteiger partial charge >= 0.3 is 23.9 Å². The molecule has 5 rings (SSSR count). The Morgan fingerprint density at radius 2 is 1.02 bits per heavy atom. The van der Waals surface area contributed by atoms with E-state index in [0.29, 0.717) is 5.56 Å². The zero-order chi connectivity index (χ0) is 33.7. The van der Waals surface area contributed by atoms with Gasteiger partial charge in [-0.25, -0.2) is 19.2 Å². The summed E-state index contributed by atoms with van der Waals surface area (Å²) in [5, 5.41) is 38.4. The van der Waals surface area contributed by atoms with Gasteiger partial charge in [-0.05, 0) is 64.7 Å². The second-order valence-electron chi connectivity index (χ2n) is 10.2. The van der Waals surface area contributed by atoms with Crippen molar-refractivity contribution < 1.29 is 49.1 Å². The van der Waals surface area contributed by atoms with Crippen molar-refractivity contribution >= 4 is 35.7 Å². The third-order valence-corrected chi connectivity index (χ3v) is 7.18. The molecule has 0 saturated heterocycles. The van der Waals surface area contributed by atoms with Crippen LogP contribution in [0.15, 0.2) is 115 Å². The first-order valence-corrected chi connectivity index (χ1v) is 13.9. The molecule has 0 radical (unpaired) electrons. The molecule has 10 nitrogen and oxygen atoms in total. The summed E-state index contributed by atoms with van der Waals surface area (Å²) in [6, 6.07) is 28.6. The monoisotopic (exact) mass is 628 g/mol. The topological polar surface area (TPSA) is 176 Å². The van der Waals surface area contributed by atoms with Crippen LogP contribution in [0.25, 0.3) is 28.3 Å². The summed E-state index contributed by atoms with van der Waals surface area (Å²) < 4.78 is 6.01. The molecule has 5 aromatic carbocycles. The number of aromatic carboxylic acids is 4. The number of hydrogen-bond acceptors (Lipinski definition) is 6. The SMILES string of the molecule is O=C(C=Cc1ccc(-c2ccc(Oc3cc(C(=O)O)c(C(=O)O)cc3-c3ccc(C(=O)O)c(C(=O)O)c3)cc2)cc1)c1ccccc1. The maximum Gasteiger partial charge on any atom is 0.336 e. The number of carboxylic acid groups (broad SMARTS) is 4. The molecular weight excluding hydrogens is 604 g/mol. The van der Waals surface area contributed by atoms with E-state index < -0.39 is 46.1 Å². The van der Waals surface area contributed by atoms with Gasteiger partial charge in [0, 0.05) is 11.1 Å². The number of benzene rings is 5. The maximum atomic E-state index is 12.4. The average molecular weight is 629 g/mol. The van der Waals surface area contributed by atoms with Gasteiger partial charge in [-0.2, -0.15) is 0 Å². The van der Waals surface area contributed by atoms with Crippen molar-refractivity contribution in [2.75, 3.05) is 0 Å². The number of allylic oxidation sites excluding steroid dienone is 1. The van der Waals surface area contributed by atoms with E-state index in [4.69, 9.17) is 4.74 Å². The highest BCUT2D eigenvalue weighted by atomic mass is 16.5. The van der Waals surface area contributed by atoms with E-state index in [2.05, 4.69) is 0 Å². The Balaban J connectivity index is 1.44. The number of rotatable bonds is 11. The molecule has 0 aliphatic carbocycles. The lowest BCUT2D eigenvalue weighted by Gasteiger charge is -2.16. The minimum atomic E-state index is -1.54. The van der Waals surface area contributed by atoms with Crippen molar-refractivity contribution in [1.29, 1.82) is 0 Å². The second kappa shape index (κ2) is 13.4. The zero-order valence-electron chi connectivity index (χ0n) is 24.3. The standard InChI is InChI=1S/C37H24O10/c38-32(24-4-2-1-3-5-24)17-8-21-6-9-22(10-7-21)23-11-14-26(15-12-23)47-33-20-31(37(45)46)30(36(43)44)19-28(33)25-13-16-27(34(39)40)29(18-25)35(41)42/h1-20H,(H,39,40)(H,41,42)(H,43,44)(H,45,46). The van der Waals surface area contributed by atoms with Crippen LogP contribution in [0.5, 0.6) is 11.5 Å². The van der Waals surface area contributed by atoms with Gasteiger partial charge in [-0.3, -0.25) is 4.79 Å². The van der Waals surface area contributed by atoms with Crippen LogP contribution < -0.4 is 4.74 Å². The number of carbonyl (C=O) groups excluding carboxylic acids is 1. The van der Waals surface area contributed by atoms with Crippen molar-refractivity contribution in [2.45, 2.75) is 0 Å². The largest absolute Gasteiger partial charge is 0.478 e.